The molecule has 0 aliphatic carbocycles. The van der Waals surface area contributed by atoms with Crippen molar-refractivity contribution in [2.45, 2.75) is 13.5 Å². The zero-order valence-electron chi connectivity index (χ0n) is 14.9. The van der Waals surface area contributed by atoms with Crippen molar-refractivity contribution in [3.05, 3.63) is 51.7 Å². The van der Waals surface area contributed by atoms with Gasteiger partial charge in [-0.3, -0.25) is 14.4 Å². The number of aromatic nitrogens is 2. The van der Waals surface area contributed by atoms with Gasteiger partial charge in [-0.2, -0.15) is 0 Å². The van der Waals surface area contributed by atoms with E-state index in [-0.39, 0.29) is 12.2 Å². The number of morpholine rings is 1. The highest BCUT2D eigenvalue weighted by Crippen LogP contribution is 2.16. The van der Waals surface area contributed by atoms with Gasteiger partial charge in [-0.25, -0.2) is 13.9 Å². The average Bonchev–Trinajstić information content (AvgIpc) is 2.87. The van der Waals surface area contributed by atoms with Crippen LogP contribution >= 0.6 is 0 Å². The maximum Gasteiger partial charge on any atom is 0.345 e. The van der Waals surface area contributed by atoms with Gasteiger partial charge < -0.3 is 9.47 Å². The Balaban J connectivity index is 2.08. The molecule has 0 radical (unpaired) electrons. The van der Waals surface area contributed by atoms with Gasteiger partial charge in [0.05, 0.1) is 31.2 Å². The molecular formula is C18H22FN3O4. The van der Waals surface area contributed by atoms with E-state index < -0.39 is 17.3 Å². The monoisotopic (exact) mass is 363 g/mol. The number of carbonyl (C=O) groups excluding carboxylic acids is 1. The Labute approximate surface area is 150 Å². The lowest BCUT2D eigenvalue weighted by molar-refractivity contribution is 0.0325. The zero-order valence-corrected chi connectivity index (χ0v) is 14.9. The molecule has 1 aliphatic rings. The summed E-state index contributed by atoms with van der Waals surface area (Å²) in [6.45, 7) is 4.97. The van der Waals surface area contributed by atoms with Crippen molar-refractivity contribution in [2.75, 3.05) is 32.9 Å². The molecule has 7 nitrogen and oxygen atoms in total. The highest BCUT2D eigenvalue weighted by atomic mass is 19.1. The van der Waals surface area contributed by atoms with Gasteiger partial charge in [-0.15, -0.1) is 0 Å². The van der Waals surface area contributed by atoms with Crippen molar-refractivity contribution >= 4 is 5.97 Å². The fourth-order valence-electron chi connectivity index (χ4n) is 3.08. The molecule has 3 rings (SSSR count). The first-order valence-corrected chi connectivity index (χ1v) is 8.57. The Morgan fingerprint density at radius 1 is 1.23 bits per heavy atom. The fourth-order valence-corrected chi connectivity index (χ4v) is 3.08. The third kappa shape index (κ3) is 3.56. The summed E-state index contributed by atoms with van der Waals surface area (Å²) in [6.07, 6.45) is 0. The fraction of sp³-hybridized carbons (Fsp3) is 0.444. The molecule has 0 bridgehead atoms. The average molecular weight is 363 g/mol. The molecule has 0 spiro atoms. The van der Waals surface area contributed by atoms with Gasteiger partial charge in [0.2, 0.25) is 0 Å². The van der Waals surface area contributed by atoms with E-state index >= 15 is 0 Å². The van der Waals surface area contributed by atoms with Crippen LogP contribution in [0.15, 0.2) is 29.1 Å². The van der Waals surface area contributed by atoms with E-state index in [1.165, 1.54) is 28.9 Å². The molecule has 26 heavy (non-hydrogen) atoms. The van der Waals surface area contributed by atoms with Crippen molar-refractivity contribution < 1.29 is 18.7 Å². The number of rotatable bonds is 5. The lowest BCUT2D eigenvalue weighted by Crippen LogP contribution is -2.36. The SMILES string of the molecule is CCOC(=O)c1c(CN2CCOCC2)n(C)n(-c2ccc(F)cc2)c1=O. The smallest absolute Gasteiger partial charge is 0.345 e. The lowest BCUT2D eigenvalue weighted by atomic mass is 10.2. The minimum absolute atomic E-state index is 0.0187. The number of ether oxygens (including phenoxy) is 2. The molecule has 8 heteroatoms. The van der Waals surface area contributed by atoms with Crippen LogP contribution in [0.1, 0.15) is 23.0 Å². The van der Waals surface area contributed by atoms with Crippen LogP contribution in [0, 0.1) is 5.82 Å². The number of hydrogen-bond donors (Lipinski definition) is 0. The number of carbonyl (C=O) groups is 1. The largest absolute Gasteiger partial charge is 0.462 e. The van der Waals surface area contributed by atoms with Crippen molar-refractivity contribution in [3.63, 3.8) is 0 Å². The third-order valence-corrected chi connectivity index (χ3v) is 4.41. The Kier molecular flexibility index (Phi) is 5.53. The zero-order chi connectivity index (χ0) is 18.7. The molecule has 1 saturated heterocycles. The maximum absolute atomic E-state index is 13.2. The first-order chi connectivity index (χ1) is 12.5. The Morgan fingerprint density at radius 2 is 1.88 bits per heavy atom. The van der Waals surface area contributed by atoms with E-state index in [2.05, 4.69) is 4.90 Å². The van der Waals surface area contributed by atoms with Gasteiger partial charge in [0.1, 0.15) is 11.4 Å². The highest BCUT2D eigenvalue weighted by molar-refractivity contribution is 5.90. The van der Waals surface area contributed by atoms with E-state index in [0.717, 1.165) is 13.1 Å². The molecule has 0 N–H and O–H groups in total. The molecule has 140 valence electrons. The second-order valence-corrected chi connectivity index (χ2v) is 6.05. The minimum Gasteiger partial charge on any atom is -0.462 e. The number of hydrogen-bond acceptors (Lipinski definition) is 5. The molecule has 1 aliphatic heterocycles. The van der Waals surface area contributed by atoms with E-state index in [0.29, 0.717) is 31.1 Å². The van der Waals surface area contributed by atoms with Crippen molar-refractivity contribution in [1.29, 1.82) is 0 Å². The number of halogens is 1. The van der Waals surface area contributed by atoms with Gasteiger partial charge in [0.15, 0.2) is 0 Å². The van der Waals surface area contributed by atoms with E-state index in [9.17, 15) is 14.0 Å². The van der Waals surface area contributed by atoms with Crippen LogP contribution in [0.5, 0.6) is 0 Å². The van der Waals surface area contributed by atoms with Crippen molar-refractivity contribution in [3.8, 4) is 5.69 Å². The second-order valence-electron chi connectivity index (χ2n) is 6.05. The summed E-state index contributed by atoms with van der Waals surface area (Å²) in [5.41, 5.74) is 0.600. The summed E-state index contributed by atoms with van der Waals surface area (Å²) in [4.78, 5) is 27.5. The van der Waals surface area contributed by atoms with E-state index in [4.69, 9.17) is 9.47 Å². The van der Waals surface area contributed by atoms with Gasteiger partial charge in [-0.05, 0) is 31.2 Å². The summed E-state index contributed by atoms with van der Waals surface area (Å²) in [5.74, 6) is -1.03. The van der Waals surface area contributed by atoms with Crippen LogP contribution in [-0.4, -0.2) is 53.1 Å². The van der Waals surface area contributed by atoms with Crippen LogP contribution in [0.25, 0.3) is 5.69 Å². The topological polar surface area (TPSA) is 65.7 Å². The van der Waals surface area contributed by atoms with Crippen LogP contribution < -0.4 is 5.56 Å². The predicted molar refractivity (Wildman–Crippen MR) is 93.0 cm³/mol. The molecule has 2 heterocycles. The molecule has 0 atom stereocenters. The molecule has 0 saturated carbocycles. The second kappa shape index (κ2) is 7.84. The van der Waals surface area contributed by atoms with Crippen molar-refractivity contribution in [2.24, 2.45) is 7.05 Å². The van der Waals surface area contributed by atoms with Gasteiger partial charge in [0, 0.05) is 26.7 Å². The Bertz CT molecular complexity index is 835. The number of esters is 1. The summed E-state index contributed by atoms with van der Waals surface area (Å²) < 4.78 is 26.7. The van der Waals surface area contributed by atoms with Gasteiger partial charge in [-0.1, -0.05) is 0 Å². The molecule has 0 unspecified atom stereocenters. The molecule has 1 aromatic carbocycles. The molecule has 1 aromatic heterocycles. The molecule has 1 fully saturated rings. The molecule has 0 amide bonds. The van der Waals surface area contributed by atoms with Crippen molar-refractivity contribution in [1.82, 2.24) is 14.3 Å². The summed E-state index contributed by atoms with van der Waals surface area (Å²) in [7, 11) is 1.71. The highest BCUT2D eigenvalue weighted by Gasteiger charge is 2.27. The molecular weight excluding hydrogens is 341 g/mol. The van der Waals surface area contributed by atoms with Crippen LogP contribution in [0.2, 0.25) is 0 Å². The van der Waals surface area contributed by atoms with E-state index in [1.54, 1.807) is 18.7 Å². The summed E-state index contributed by atoms with van der Waals surface area (Å²) in [5, 5.41) is 0. The van der Waals surface area contributed by atoms with Crippen LogP contribution in [0.3, 0.4) is 0 Å². The first kappa shape index (κ1) is 18.3. The molecule has 2 aromatic rings. The summed E-state index contributed by atoms with van der Waals surface area (Å²) in [6, 6.07) is 5.56. The Morgan fingerprint density at radius 3 is 2.50 bits per heavy atom. The van der Waals surface area contributed by atoms with E-state index in [1.807, 2.05) is 0 Å². The standard InChI is InChI=1S/C18H22FN3O4/c1-3-26-18(24)16-15(12-21-8-10-25-11-9-21)20(2)22(17(16)23)14-6-4-13(19)5-7-14/h4-7H,3,8-12H2,1-2H3. The van der Waals surface area contributed by atoms with Crippen LogP contribution in [-0.2, 0) is 23.1 Å². The predicted octanol–water partition coefficient (Wildman–Crippen LogP) is 1.32. The summed E-state index contributed by atoms with van der Waals surface area (Å²) >= 11 is 0. The number of benzene rings is 1. The maximum atomic E-state index is 13.2. The first-order valence-electron chi connectivity index (χ1n) is 8.57. The quantitative estimate of drug-likeness (QED) is 0.750. The Hall–Kier alpha value is -2.45. The number of nitrogens with zero attached hydrogens (tertiary/aromatic N) is 3. The normalized spacial score (nSPS) is 15.2. The van der Waals surface area contributed by atoms with Gasteiger partial charge >= 0.3 is 5.97 Å². The lowest BCUT2D eigenvalue weighted by Gasteiger charge is -2.27. The van der Waals surface area contributed by atoms with Crippen LogP contribution in [0.4, 0.5) is 4.39 Å². The third-order valence-electron chi connectivity index (χ3n) is 4.41. The minimum atomic E-state index is -0.641. The van der Waals surface area contributed by atoms with Gasteiger partial charge in [0.25, 0.3) is 5.56 Å².